The Hall–Kier alpha value is -0.750. The minimum Gasteiger partial charge on any atom is -0.394 e. The number of hydrogen-bond acceptors (Lipinski definition) is 4. The van der Waals surface area contributed by atoms with Gasteiger partial charge in [-0.3, -0.25) is 4.79 Å². The largest absolute Gasteiger partial charge is 0.394 e. The van der Waals surface area contributed by atoms with E-state index in [0.29, 0.717) is 17.4 Å². The number of methoxy groups -OCH3 is 1. The van der Waals surface area contributed by atoms with E-state index in [-0.39, 0.29) is 18.6 Å². The van der Waals surface area contributed by atoms with Crippen molar-refractivity contribution in [3.63, 3.8) is 0 Å². The van der Waals surface area contributed by atoms with E-state index in [1.165, 1.54) is 18.9 Å². The Morgan fingerprint density at radius 2 is 2.17 bits per heavy atom. The standard InChI is InChI=1S/C12H16ClNO3S/c1-17-7-10(6-15)14-12(16)8-18-11-4-2-9(13)3-5-11/h2-5,10,15H,6-8H2,1H3,(H,14,16). The molecule has 0 aliphatic carbocycles. The molecule has 0 bridgehead atoms. The number of aliphatic hydroxyl groups is 1. The molecule has 0 aromatic heterocycles. The third kappa shape index (κ3) is 5.73. The summed E-state index contributed by atoms with van der Waals surface area (Å²) in [4.78, 5) is 12.6. The van der Waals surface area contributed by atoms with Gasteiger partial charge < -0.3 is 15.2 Å². The molecule has 0 spiro atoms. The minimum absolute atomic E-state index is 0.133. The highest BCUT2D eigenvalue weighted by molar-refractivity contribution is 8.00. The normalized spacial score (nSPS) is 12.2. The van der Waals surface area contributed by atoms with Crippen LogP contribution in [0.3, 0.4) is 0 Å². The summed E-state index contributed by atoms with van der Waals surface area (Å²) in [5.41, 5.74) is 0. The minimum atomic E-state index is -0.353. The van der Waals surface area contributed by atoms with Crippen LogP contribution in [0.2, 0.25) is 5.02 Å². The molecule has 1 amide bonds. The Morgan fingerprint density at radius 3 is 2.72 bits per heavy atom. The van der Waals surface area contributed by atoms with Gasteiger partial charge in [-0.2, -0.15) is 0 Å². The van der Waals surface area contributed by atoms with Crippen LogP contribution in [0.25, 0.3) is 0 Å². The van der Waals surface area contributed by atoms with Crippen molar-refractivity contribution in [1.29, 1.82) is 0 Å². The van der Waals surface area contributed by atoms with Gasteiger partial charge in [0.2, 0.25) is 5.91 Å². The first-order valence-electron chi connectivity index (χ1n) is 5.43. The Bertz CT molecular complexity index is 372. The van der Waals surface area contributed by atoms with Gasteiger partial charge in [-0.1, -0.05) is 11.6 Å². The molecule has 1 aromatic carbocycles. The van der Waals surface area contributed by atoms with Gasteiger partial charge in [-0.05, 0) is 24.3 Å². The molecule has 4 nitrogen and oxygen atoms in total. The van der Waals surface area contributed by atoms with Gasteiger partial charge in [0.1, 0.15) is 0 Å². The number of ether oxygens (including phenoxy) is 1. The first-order valence-corrected chi connectivity index (χ1v) is 6.79. The molecule has 1 aromatic rings. The summed E-state index contributed by atoms with van der Waals surface area (Å²) < 4.78 is 4.88. The third-order valence-electron chi connectivity index (χ3n) is 2.14. The number of carbonyl (C=O) groups is 1. The lowest BCUT2D eigenvalue weighted by molar-refractivity contribution is -0.120. The highest BCUT2D eigenvalue weighted by Crippen LogP contribution is 2.19. The molecule has 0 aliphatic heterocycles. The molecule has 1 atom stereocenters. The third-order valence-corrected chi connectivity index (χ3v) is 3.40. The lowest BCUT2D eigenvalue weighted by Gasteiger charge is -2.14. The molecule has 18 heavy (non-hydrogen) atoms. The number of amides is 1. The van der Waals surface area contributed by atoms with Crippen molar-refractivity contribution < 1.29 is 14.6 Å². The molecule has 1 rings (SSSR count). The zero-order valence-electron chi connectivity index (χ0n) is 10.1. The fourth-order valence-corrected chi connectivity index (χ4v) is 2.13. The Morgan fingerprint density at radius 1 is 1.50 bits per heavy atom. The number of halogens is 1. The predicted octanol–water partition coefficient (Wildman–Crippen LogP) is 1.56. The number of nitrogens with one attached hydrogen (secondary N) is 1. The number of carbonyl (C=O) groups excluding carboxylic acids is 1. The van der Waals surface area contributed by atoms with Crippen molar-refractivity contribution in [2.75, 3.05) is 26.1 Å². The second-order valence-electron chi connectivity index (χ2n) is 3.64. The lowest BCUT2D eigenvalue weighted by Crippen LogP contribution is -2.41. The molecule has 0 heterocycles. The molecule has 0 saturated carbocycles. The first kappa shape index (κ1) is 15.3. The van der Waals surface area contributed by atoms with E-state index in [2.05, 4.69) is 5.32 Å². The summed E-state index contributed by atoms with van der Waals surface area (Å²) >= 11 is 7.18. The Kier molecular flexibility index (Phi) is 7.12. The molecule has 0 radical (unpaired) electrons. The number of benzene rings is 1. The van der Waals surface area contributed by atoms with E-state index in [9.17, 15) is 4.79 Å². The summed E-state index contributed by atoms with van der Waals surface area (Å²) in [7, 11) is 1.53. The SMILES string of the molecule is COCC(CO)NC(=O)CSc1ccc(Cl)cc1. The van der Waals surface area contributed by atoms with Gasteiger partial charge >= 0.3 is 0 Å². The molecule has 0 fully saturated rings. The van der Waals surface area contributed by atoms with Crippen molar-refractivity contribution in [1.82, 2.24) is 5.32 Å². The second kappa shape index (κ2) is 8.37. The molecule has 0 saturated heterocycles. The van der Waals surface area contributed by atoms with Gasteiger partial charge in [0.25, 0.3) is 0 Å². The van der Waals surface area contributed by atoms with Gasteiger partial charge in [0, 0.05) is 17.0 Å². The molecular formula is C12H16ClNO3S. The smallest absolute Gasteiger partial charge is 0.230 e. The lowest BCUT2D eigenvalue weighted by atomic mass is 10.3. The zero-order chi connectivity index (χ0) is 13.4. The maximum Gasteiger partial charge on any atom is 0.230 e. The van der Waals surface area contributed by atoms with Crippen LogP contribution < -0.4 is 5.32 Å². The van der Waals surface area contributed by atoms with E-state index >= 15 is 0 Å². The van der Waals surface area contributed by atoms with Crippen molar-refractivity contribution >= 4 is 29.3 Å². The topological polar surface area (TPSA) is 58.6 Å². The van der Waals surface area contributed by atoms with Crippen LogP contribution in [-0.4, -0.2) is 43.1 Å². The van der Waals surface area contributed by atoms with Crippen LogP contribution in [0, 0.1) is 0 Å². The Labute approximate surface area is 116 Å². The van der Waals surface area contributed by atoms with Crippen LogP contribution in [0.1, 0.15) is 0 Å². The van der Waals surface area contributed by atoms with Crippen LogP contribution in [-0.2, 0) is 9.53 Å². The average molecular weight is 290 g/mol. The van der Waals surface area contributed by atoms with E-state index < -0.39 is 0 Å². The number of rotatable bonds is 7. The van der Waals surface area contributed by atoms with Crippen molar-refractivity contribution in [3.05, 3.63) is 29.3 Å². The van der Waals surface area contributed by atoms with Crippen LogP contribution >= 0.6 is 23.4 Å². The highest BCUT2D eigenvalue weighted by Gasteiger charge is 2.11. The number of aliphatic hydroxyl groups excluding tert-OH is 1. The summed E-state index contributed by atoms with van der Waals surface area (Å²) in [6.07, 6.45) is 0. The number of thioether (sulfide) groups is 1. The maximum absolute atomic E-state index is 11.6. The van der Waals surface area contributed by atoms with Gasteiger partial charge in [-0.15, -0.1) is 11.8 Å². The van der Waals surface area contributed by atoms with E-state index in [4.69, 9.17) is 21.4 Å². The van der Waals surface area contributed by atoms with Gasteiger partial charge in [0.05, 0.1) is 25.0 Å². The predicted molar refractivity (Wildman–Crippen MR) is 73.1 cm³/mol. The van der Waals surface area contributed by atoms with E-state index in [1.54, 1.807) is 12.1 Å². The monoisotopic (exact) mass is 289 g/mol. The summed E-state index contributed by atoms with van der Waals surface area (Å²) in [6.45, 7) is 0.166. The van der Waals surface area contributed by atoms with Gasteiger partial charge in [-0.25, -0.2) is 0 Å². The summed E-state index contributed by atoms with van der Waals surface area (Å²) in [6, 6.07) is 6.93. The fourth-order valence-electron chi connectivity index (χ4n) is 1.29. The molecule has 6 heteroatoms. The fraction of sp³-hybridized carbons (Fsp3) is 0.417. The summed E-state index contributed by atoms with van der Waals surface area (Å²) in [5, 5.41) is 12.4. The van der Waals surface area contributed by atoms with Gasteiger partial charge in [0.15, 0.2) is 0 Å². The first-order chi connectivity index (χ1) is 8.65. The second-order valence-corrected chi connectivity index (χ2v) is 5.13. The molecule has 1 unspecified atom stereocenters. The summed E-state index contributed by atoms with van der Waals surface area (Å²) in [5.74, 6) is 0.160. The van der Waals surface area contributed by atoms with Crippen molar-refractivity contribution in [3.8, 4) is 0 Å². The average Bonchev–Trinajstić information content (AvgIpc) is 2.37. The maximum atomic E-state index is 11.6. The van der Waals surface area contributed by atoms with Crippen molar-refractivity contribution in [2.24, 2.45) is 0 Å². The highest BCUT2D eigenvalue weighted by atomic mass is 35.5. The quantitative estimate of drug-likeness (QED) is 0.748. The number of hydrogen-bond donors (Lipinski definition) is 2. The zero-order valence-corrected chi connectivity index (χ0v) is 11.6. The van der Waals surface area contributed by atoms with Crippen LogP contribution in [0.4, 0.5) is 0 Å². The van der Waals surface area contributed by atoms with Crippen LogP contribution in [0.5, 0.6) is 0 Å². The molecule has 0 aliphatic rings. The van der Waals surface area contributed by atoms with E-state index in [1.807, 2.05) is 12.1 Å². The van der Waals surface area contributed by atoms with Crippen LogP contribution in [0.15, 0.2) is 29.2 Å². The molecule has 100 valence electrons. The molecular weight excluding hydrogens is 274 g/mol. The van der Waals surface area contributed by atoms with Crippen molar-refractivity contribution in [2.45, 2.75) is 10.9 Å². The van der Waals surface area contributed by atoms with E-state index in [0.717, 1.165) is 4.90 Å². The molecule has 2 N–H and O–H groups in total. The Balaban J connectivity index is 2.34.